The minimum absolute atomic E-state index is 0.0280. The number of terminal acetylenes is 1. The molecule has 0 aliphatic rings. The van der Waals surface area contributed by atoms with Crippen LogP contribution in [-0.2, 0) is 5.41 Å². The van der Waals surface area contributed by atoms with Crippen LogP contribution in [0.5, 0.6) is 0 Å². The molecule has 0 aliphatic heterocycles. The Kier molecular flexibility index (Phi) is 4.74. The highest BCUT2D eigenvalue weighted by Crippen LogP contribution is 2.26. The molecule has 0 saturated carbocycles. The first-order valence-electron chi connectivity index (χ1n) is 5.78. The molecule has 2 amide bonds. The Morgan fingerprint density at radius 2 is 2.28 bits per heavy atom. The number of urea groups is 1. The maximum absolute atomic E-state index is 11.4. The molecule has 0 aliphatic carbocycles. The van der Waals surface area contributed by atoms with E-state index < -0.39 is 0 Å². The minimum Gasteiger partial charge on any atom is -0.329 e. The van der Waals surface area contributed by atoms with Crippen molar-refractivity contribution in [3.8, 4) is 12.3 Å². The second kappa shape index (κ2) is 5.87. The average molecular weight is 265 g/mol. The maximum Gasteiger partial charge on any atom is 0.316 e. The van der Waals surface area contributed by atoms with Gasteiger partial charge >= 0.3 is 6.03 Å². The summed E-state index contributed by atoms with van der Waals surface area (Å²) in [5.41, 5.74) is 1.07. The molecule has 2 N–H and O–H groups in total. The lowest BCUT2D eigenvalue weighted by Gasteiger charge is -2.15. The zero-order valence-corrected chi connectivity index (χ0v) is 12.0. The average Bonchev–Trinajstić information content (AvgIpc) is 2.75. The second-order valence-corrected chi connectivity index (χ2v) is 5.96. The molecular formula is C13H19N3OS. The molecule has 98 valence electrons. The van der Waals surface area contributed by atoms with Gasteiger partial charge in [-0.3, -0.25) is 0 Å². The zero-order chi connectivity index (χ0) is 13.8. The van der Waals surface area contributed by atoms with Gasteiger partial charge in [-0.05, 0) is 6.92 Å². The highest BCUT2D eigenvalue weighted by atomic mass is 32.1. The summed E-state index contributed by atoms with van der Waals surface area (Å²) in [6.07, 6.45) is 5.07. The van der Waals surface area contributed by atoms with Crippen LogP contribution in [0.4, 0.5) is 4.79 Å². The molecule has 0 unspecified atom stereocenters. The molecule has 1 atom stereocenters. The predicted octanol–water partition coefficient (Wildman–Crippen LogP) is 2.43. The van der Waals surface area contributed by atoms with Crippen molar-refractivity contribution in [1.82, 2.24) is 15.6 Å². The lowest BCUT2D eigenvalue weighted by Crippen LogP contribution is -2.37. The topological polar surface area (TPSA) is 54.0 Å². The van der Waals surface area contributed by atoms with E-state index in [4.69, 9.17) is 6.42 Å². The fourth-order valence-electron chi connectivity index (χ4n) is 1.27. The van der Waals surface area contributed by atoms with Crippen LogP contribution in [0.2, 0.25) is 0 Å². The molecule has 1 aromatic heterocycles. The monoisotopic (exact) mass is 265 g/mol. The molecule has 0 fully saturated rings. The lowest BCUT2D eigenvalue weighted by atomic mass is 9.93. The van der Waals surface area contributed by atoms with Crippen LogP contribution in [0.3, 0.4) is 0 Å². The van der Waals surface area contributed by atoms with E-state index in [0.717, 1.165) is 10.7 Å². The molecule has 5 heteroatoms. The van der Waals surface area contributed by atoms with E-state index in [-0.39, 0.29) is 24.0 Å². The van der Waals surface area contributed by atoms with Gasteiger partial charge in [0.25, 0.3) is 0 Å². The third kappa shape index (κ3) is 4.04. The van der Waals surface area contributed by atoms with Crippen LogP contribution in [0.25, 0.3) is 0 Å². The fourth-order valence-corrected chi connectivity index (χ4v) is 2.32. The molecule has 4 nitrogen and oxygen atoms in total. The number of rotatable bonds is 3. The van der Waals surface area contributed by atoms with Crippen molar-refractivity contribution in [2.75, 3.05) is 6.54 Å². The first-order chi connectivity index (χ1) is 8.34. The first kappa shape index (κ1) is 14.5. The van der Waals surface area contributed by atoms with E-state index in [1.807, 2.05) is 12.3 Å². The maximum atomic E-state index is 11.4. The van der Waals surface area contributed by atoms with Gasteiger partial charge in [-0.25, -0.2) is 9.78 Å². The predicted molar refractivity (Wildman–Crippen MR) is 74.6 cm³/mol. The summed E-state index contributed by atoms with van der Waals surface area (Å²) in [7, 11) is 0. The van der Waals surface area contributed by atoms with E-state index >= 15 is 0 Å². The number of thiazole rings is 1. The Morgan fingerprint density at radius 3 is 2.78 bits per heavy atom. The largest absolute Gasteiger partial charge is 0.329 e. The van der Waals surface area contributed by atoms with Gasteiger partial charge < -0.3 is 10.6 Å². The number of carbonyl (C=O) groups is 1. The van der Waals surface area contributed by atoms with Crippen LogP contribution in [0.15, 0.2) is 5.38 Å². The molecular weight excluding hydrogens is 246 g/mol. The summed E-state index contributed by atoms with van der Waals surface area (Å²) in [4.78, 5) is 16.0. The number of nitrogens with zero attached hydrogens (tertiary/aromatic N) is 1. The Bertz CT molecular complexity index is 454. The number of hydrogen-bond donors (Lipinski definition) is 2. The number of carbonyl (C=O) groups excluding carboxylic acids is 1. The van der Waals surface area contributed by atoms with Gasteiger partial charge in [-0.15, -0.1) is 17.8 Å². The van der Waals surface area contributed by atoms with Crippen molar-refractivity contribution >= 4 is 17.4 Å². The highest BCUT2D eigenvalue weighted by molar-refractivity contribution is 7.09. The van der Waals surface area contributed by atoms with Crippen LogP contribution >= 0.6 is 11.3 Å². The normalized spacial score (nSPS) is 12.6. The summed E-state index contributed by atoms with van der Waals surface area (Å²) in [5.74, 6) is 2.35. The second-order valence-electron chi connectivity index (χ2n) is 5.07. The van der Waals surface area contributed by atoms with Crippen molar-refractivity contribution < 1.29 is 4.79 Å². The molecule has 1 aromatic rings. The smallest absolute Gasteiger partial charge is 0.316 e. The fraction of sp³-hybridized carbons (Fsp3) is 0.538. The van der Waals surface area contributed by atoms with E-state index in [2.05, 4.69) is 42.3 Å². The van der Waals surface area contributed by atoms with Gasteiger partial charge in [0.15, 0.2) is 0 Å². The first-order valence-corrected chi connectivity index (χ1v) is 6.66. The van der Waals surface area contributed by atoms with Gasteiger partial charge in [0.1, 0.15) is 5.01 Å². The van der Waals surface area contributed by atoms with Gasteiger partial charge in [0.2, 0.25) is 0 Å². The highest BCUT2D eigenvalue weighted by Gasteiger charge is 2.20. The van der Waals surface area contributed by atoms with Gasteiger partial charge in [-0.1, -0.05) is 26.7 Å². The van der Waals surface area contributed by atoms with E-state index in [1.165, 1.54) is 0 Å². The molecule has 0 spiro atoms. The van der Waals surface area contributed by atoms with Gasteiger partial charge in [-0.2, -0.15) is 0 Å². The van der Waals surface area contributed by atoms with Crippen molar-refractivity contribution in [3.63, 3.8) is 0 Å². The Morgan fingerprint density at radius 1 is 1.61 bits per heavy atom. The van der Waals surface area contributed by atoms with Crippen molar-refractivity contribution in [3.05, 3.63) is 16.1 Å². The van der Waals surface area contributed by atoms with Gasteiger partial charge in [0, 0.05) is 10.8 Å². The molecule has 18 heavy (non-hydrogen) atoms. The van der Waals surface area contributed by atoms with Gasteiger partial charge in [0.05, 0.1) is 18.3 Å². The quantitative estimate of drug-likeness (QED) is 0.825. The third-order valence-electron chi connectivity index (χ3n) is 2.36. The SMILES string of the molecule is C#CCNC(=O)N[C@H](C)c1nc(C(C)(C)C)cs1. The van der Waals surface area contributed by atoms with Crippen molar-refractivity contribution in [2.45, 2.75) is 39.2 Å². The Hall–Kier alpha value is -1.54. The minimum atomic E-state index is -0.270. The van der Waals surface area contributed by atoms with Crippen LogP contribution in [-0.4, -0.2) is 17.6 Å². The molecule has 1 rings (SSSR count). The third-order valence-corrected chi connectivity index (χ3v) is 3.39. The number of aromatic nitrogens is 1. The summed E-state index contributed by atoms with van der Waals surface area (Å²) < 4.78 is 0. The van der Waals surface area contributed by atoms with Crippen LogP contribution in [0, 0.1) is 12.3 Å². The number of nitrogens with one attached hydrogen (secondary N) is 2. The van der Waals surface area contributed by atoms with E-state index in [1.54, 1.807) is 11.3 Å². The number of amides is 2. The summed E-state index contributed by atoms with van der Waals surface area (Å²) >= 11 is 1.56. The molecule has 0 saturated heterocycles. The van der Waals surface area contributed by atoms with E-state index in [0.29, 0.717) is 0 Å². The lowest BCUT2D eigenvalue weighted by molar-refractivity contribution is 0.239. The van der Waals surface area contributed by atoms with Crippen molar-refractivity contribution in [2.24, 2.45) is 0 Å². The molecule has 0 bridgehead atoms. The summed E-state index contributed by atoms with van der Waals surface area (Å²) in [5, 5.41) is 8.29. The van der Waals surface area contributed by atoms with Crippen LogP contribution in [0.1, 0.15) is 44.4 Å². The Labute approximate surface area is 112 Å². The summed E-state index contributed by atoms with van der Waals surface area (Å²) in [6, 6.07) is -0.392. The van der Waals surface area contributed by atoms with E-state index in [9.17, 15) is 4.79 Å². The molecule has 1 heterocycles. The standard InChI is InChI=1S/C13H19N3OS/c1-6-7-14-12(17)15-9(2)11-16-10(8-18-11)13(3,4)5/h1,8-9H,7H2,2-5H3,(H2,14,15,17)/t9-/m1/s1. The zero-order valence-electron chi connectivity index (χ0n) is 11.2. The molecule has 0 radical (unpaired) electrons. The van der Waals surface area contributed by atoms with Crippen LogP contribution < -0.4 is 10.6 Å². The number of hydrogen-bond acceptors (Lipinski definition) is 3. The van der Waals surface area contributed by atoms with Crippen molar-refractivity contribution in [1.29, 1.82) is 0 Å². The summed E-state index contributed by atoms with van der Waals surface area (Å²) in [6.45, 7) is 8.47. The Balaban J connectivity index is 2.62. The molecule has 0 aromatic carbocycles.